The average molecular weight is 296 g/mol. The van der Waals surface area contributed by atoms with Crippen molar-refractivity contribution in [3.63, 3.8) is 0 Å². The second-order valence-corrected chi connectivity index (χ2v) is 5.53. The van der Waals surface area contributed by atoms with Gasteiger partial charge in [-0.25, -0.2) is 0 Å². The summed E-state index contributed by atoms with van der Waals surface area (Å²) in [4.78, 5) is 14.5. The van der Waals surface area contributed by atoms with Crippen molar-refractivity contribution < 1.29 is 14.3 Å². The van der Waals surface area contributed by atoms with Crippen molar-refractivity contribution in [2.45, 2.75) is 12.8 Å². The van der Waals surface area contributed by atoms with Gasteiger partial charge in [-0.2, -0.15) is 0 Å². The number of nitrogens with zero attached hydrogens (tertiary/aromatic N) is 1. The molecule has 4 nitrogen and oxygen atoms in total. The van der Waals surface area contributed by atoms with Gasteiger partial charge in [0.15, 0.2) is 11.5 Å². The summed E-state index contributed by atoms with van der Waals surface area (Å²) in [5, 5.41) is 0. The lowest BCUT2D eigenvalue weighted by Gasteiger charge is -2.32. The molecule has 0 saturated carbocycles. The Morgan fingerprint density at radius 1 is 1.25 bits per heavy atom. The molecule has 0 bridgehead atoms. The van der Waals surface area contributed by atoms with Gasteiger partial charge in [0.05, 0.1) is 5.56 Å². The summed E-state index contributed by atoms with van der Waals surface area (Å²) in [6, 6.07) is 5.49. The van der Waals surface area contributed by atoms with Gasteiger partial charge in [0.1, 0.15) is 13.2 Å². The smallest absolute Gasteiger partial charge is 0.257 e. The summed E-state index contributed by atoms with van der Waals surface area (Å²) in [6.07, 6.45) is 1.95. The van der Waals surface area contributed by atoms with Crippen molar-refractivity contribution in [2.24, 2.45) is 5.92 Å². The van der Waals surface area contributed by atoms with E-state index in [0.29, 0.717) is 42.1 Å². The lowest BCUT2D eigenvalue weighted by molar-refractivity contribution is 0.0688. The van der Waals surface area contributed by atoms with Gasteiger partial charge in [-0.1, -0.05) is 6.07 Å². The Kier molecular flexibility index (Phi) is 4.01. The van der Waals surface area contributed by atoms with Crippen LogP contribution in [-0.4, -0.2) is 43.0 Å². The maximum Gasteiger partial charge on any atom is 0.257 e. The molecule has 0 spiro atoms. The summed E-state index contributed by atoms with van der Waals surface area (Å²) in [5.41, 5.74) is 0.603. The number of hydrogen-bond acceptors (Lipinski definition) is 3. The zero-order valence-corrected chi connectivity index (χ0v) is 12.1. The summed E-state index contributed by atoms with van der Waals surface area (Å²) in [7, 11) is 0. The highest BCUT2D eigenvalue weighted by molar-refractivity contribution is 6.18. The van der Waals surface area contributed by atoms with Crippen LogP contribution in [0.15, 0.2) is 18.2 Å². The number of hydrogen-bond donors (Lipinski definition) is 0. The van der Waals surface area contributed by atoms with Crippen molar-refractivity contribution in [3.8, 4) is 11.5 Å². The second-order valence-electron chi connectivity index (χ2n) is 5.22. The van der Waals surface area contributed by atoms with Crippen LogP contribution in [0.25, 0.3) is 0 Å². The quantitative estimate of drug-likeness (QED) is 0.787. The highest BCUT2D eigenvalue weighted by Crippen LogP contribution is 2.34. The SMILES string of the molecule is O=C(c1cccc2c1OCCO2)N1CCC(CCl)CC1. The van der Waals surface area contributed by atoms with E-state index in [0.717, 1.165) is 25.9 Å². The highest BCUT2D eigenvalue weighted by Gasteiger charge is 2.27. The molecule has 3 rings (SSSR count). The van der Waals surface area contributed by atoms with Gasteiger partial charge in [0.2, 0.25) is 0 Å². The molecule has 1 fully saturated rings. The van der Waals surface area contributed by atoms with Crippen LogP contribution < -0.4 is 9.47 Å². The molecular weight excluding hydrogens is 278 g/mol. The van der Waals surface area contributed by atoms with E-state index in [9.17, 15) is 4.79 Å². The Morgan fingerprint density at radius 3 is 2.75 bits per heavy atom. The number of fused-ring (bicyclic) bond motifs is 1. The van der Waals surface area contributed by atoms with Gasteiger partial charge in [0.25, 0.3) is 5.91 Å². The number of alkyl halides is 1. The molecule has 0 aromatic heterocycles. The molecule has 5 heteroatoms. The van der Waals surface area contributed by atoms with Gasteiger partial charge in [0, 0.05) is 19.0 Å². The molecule has 0 radical (unpaired) electrons. The minimum absolute atomic E-state index is 0.0281. The largest absolute Gasteiger partial charge is 0.486 e. The monoisotopic (exact) mass is 295 g/mol. The van der Waals surface area contributed by atoms with Gasteiger partial charge in [-0.3, -0.25) is 4.79 Å². The molecule has 0 N–H and O–H groups in total. The molecule has 0 aliphatic carbocycles. The first-order valence-corrected chi connectivity index (χ1v) is 7.57. The minimum Gasteiger partial charge on any atom is -0.486 e. The Balaban J connectivity index is 1.78. The molecule has 1 saturated heterocycles. The van der Waals surface area contributed by atoms with Crippen molar-refractivity contribution >= 4 is 17.5 Å². The van der Waals surface area contributed by atoms with Crippen LogP contribution in [-0.2, 0) is 0 Å². The first-order chi connectivity index (χ1) is 9.79. The predicted octanol–water partition coefficient (Wildman–Crippen LogP) is 2.55. The topological polar surface area (TPSA) is 38.8 Å². The number of piperidine rings is 1. The Bertz CT molecular complexity index is 498. The van der Waals surface area contributed by atoms with E-state index in [-0.39, 0.29) is 5.91 Å². The van der Waals surface area contributed by atoms with E-state index in [2.05, 4.69) is 0 Å². The maximum absolute atomic E-state index is 12.6. The lowest BCUT2D eigenvalue weighted by Crippen LogP contribution is -2.39. The fraction of sp³-hybridized carbons (Fsp3) is 0.533. The van der Waals surface area contributed by atoms with Crippen molar-refractivity contribution in [2.75, 3.05) is 32.2 Å². The van der Waals surface area contributed by atoms with E-state index >= 15 is 0 Å². The minimum atomic E-state index is 0.0281. The number of rotatable bonds is 2. The molecule has 2 aliphatic rings. The van der Waals surface area contributed by atoms with Gasteiger partial charge < -0.3 is 14.4 Å². The van der Waals surface area contributed by atoms with Crippen LogP contribution in [0.5, 0.6) is 11.5 Å². The Hall–Kier alpha value is -1.42. The van der Waals surface area contributed by atoms with E-state index < -0.39 is 0 Å². The lowest BCUT2D eigenvalue weighted by atomic mass is 9.98. The first kappa shape index (κ1) is 13.6. The number of carbonyl (C=O) groups is 1. The maximum atomic E-state index is 12.6. The normalized spacial score (nSPS) is 18.9. The third-order valence-corrected chi connectivity index (χ3v) is 4.35. The predicted molar refractivity (Wildman–Crippen MR) is 76.8 cm³/mol. The van der Waals surface area contributed by atoms with Crippen molar-refractivity contribution in [1.82, 2.24) is 4.90 Å². The van der Waals surface area contributed by atoms with E-state index in [1.807, 2.05) is 23.1 Å². The zero-order valence-electron chi connectivity index (χ0n) is 11.3. The summed E-state index contributed by atoms with van der Waals surface area (Å²) in [6.45, 7) is 2.55. The van der Waals surface area contributed by atoms with Gasteiger partial charge in [-0.05, 0) is 30.9 Å². The van der Waals surface area contributed by atoms with E-state index in [4.69, 9.17) is 21.1 Å². The van der Waals surface area contributed by atoms with Gasteiger partial charge >= 0.3 is 0 Å². The van der Waals surface area contributed by atoms with Crippen LogP contribution in [0, 0.1) is 5.92 Å². The molecule has 0 atom stereocenters. The van der Waals surface area contributed by atoms with Crippen LogP contribution in [0.4, 0.5) is 0 Å². The number of ether oxygens (including phenoxy) is 2. The fourth-order valence-corrected chi connectivity index (χ4v) is 3.01. The molecule has 0 unspecified atom stereocenters. The second kappa shape index (κ2) is 5.92. The van der Waals surface area contributed by atoms with Crippen LogP contribution in [0.1, 0.15) is 23.2 Å². The van der Waals surface area contributed by atoms with Crippen LogP contribution >= 0.6 is 11.6 Å². The van der Waals surface area contributed by atoms with Crippen LogP contribution in [0.3, 0.4) is 0 Å². The number of carbonyl (C=O) groups excluding carboxylic acids is 1. The third-order valence-electron chi connectivity index (χ3n) is 3.92. The first-order valence-electron chi connectivity index (χ1n) is 7.03. The molecule has 1 aromatic carbocycles. The standard InChI is InChI=1S/C15H18ClNO3/c16-10-11-4-6-17(7-5-11)15(18)12-2-1-3-13-14(12)20-9-8-19-13/h1-3,11H,4-10H2. The Labute approximate surface area is 123 Å². The molecule has 2 heterocycles. The summed E-state index contributed by atoms with van der Waals surface area (Å²) >= 11 is 5.88. The number of benzene rings is 1. The van der Waals surface area contributed by atoms with Crippen molar-refractivity contribution in [1.29, 1.82) is 0 Å². The molecule has 2 aliphatic heterocycles. The highest BCUT2D eigenvalue weighted by atomic mass is 35.5. The number of halogens is 1. The number of amides is 1. The van der Waals surface area contributed by atoms with E-state index in [1.165, 1.54) is 0 Å². The summed E-state index contributed by atoms with van der Waals surface area (Å²) in [5.74, 6) is 2.49. The van der Waals surface area contributed by atoms with Gasteiger partial charge in [-0.15, -0.1) is 11.6 Å². The third kappa shape index (κ3) is 2.57. The Morgan fingerprint density at radius 2 is 2.00 bits per heavy atom. The number of likely N-dealkylation sites (tertiary alicyclic amines) is 1. The van der Waals surface area contributed by atoms with E-state index in [1.54, 1.807) is 0 Å². The molecule has 20 heavy (non-hydrogen) atoms. The van der Waals surface area contributed by atoms with Crippen molar-refractivity contribution in [3.05, 3.63) is 23.8 Å². The molecule has 108 valence electrons. The molecular formula is C15H18ClNO3. The number of para-hydroxylation sites is 1. The van der Waals surface area contributed by atoms with Crippen LogP contribution in [0.2, 0.25) is 0 Å². The molecule has 1 amide bonds. The summed E-state index contributed by atoms with van der Waals surface area (Å²) < 4.78 is 11.1. The molecule has 1 aromatic rings. The zero-order chi connectivity index (χ0) is 13.9. The fourth-order valence-electron chi connectivity index (χ4n) is 2.70. The average Bonchev–Trinajstić information content (AvgIpc) is 2.54.